The first kappa shape index (κ1) is 17.7. The molecule has 0 spiro atoms. The molecule has 26 heavy (non-hydrogen) atoms. The molecule has 1 unspecified atom stereocenters. The standard InChI is InChI=1S/C20H20N2O4/c23-18-11-16(13-22(18)12-14-5-2-1-3-6-14)20(26)21-17-8-4-7-15(9-17)10-19(24)25/h1-9,16H,10-13H2,(H,21,26)(H,24,25). The summed E-state index contributed by atoms with van der Waals surface area (Å²) in [6.07, 6.45) is 0.0873. The van der Waals surface area contributed by atoms with E-state index in [4.69, 9.17) is 5.11 Å². The summed E-state index contributed by atoms with van der Waals surface area (Å²) in [5.74, 6) is -1.59. The molecule has 2 N–H and O–H groups in total. The van der Waals surface area contributed by atoms with Crippen LogP contribution in [0.25, 0.3) is 0 Å². The Morgan fingerprint density at radius 2 is 1.81 bits per heavy atom. The van der Waals surface area contributed by atoms with E-state index in [1.807, 2.05) is 30.3 Å². The second-order valence-corrected chi connectivity index (χ2v) is 6.42. The molecule has 6 nitrogen and oxygen atoms in total. The van der Waals surface area contributed by atoms with Crippen molar-refractivity contribution in [2.75, 3.05) is 11.9 Å². The van der Waals surface area contributed by atoms with Crippen LogP contribution in [0.15, 0.2) is 54.6 Å². The molecule has 2 aromatic carbocycles. The van der Waals surface area contributed by atoms with Gasteiger partial charge < -0.3 is 15.3 Å². The highest BCUT2D eigenvalue weighted by atomic mass is 16.4. The van der Waals surface area contributed by atoms with E-state index >= 15 is 0 Å². The normalized spacial score (nSPS) is 16.5. The summed E-state index contributed by atoms with van der Waals surface area (Å²) in [7, 11) is 0. The van der Waals surface area contributed by atoms with E-state index in [9.17, 15) is 14.4 Å². The summed E-state index contributed by atoms with van der Waals surface area (Å²) in [6.45, 7) is 0.881. The van der Waals surface area contributed by atoms with Gasteiger partial charge in [-0.1, -0.05) is 42.5 Å². The Hall–Kier alpha value is -3.15. The van der Waals surface area contributed by atoms with Gasteiger partial charge in [0.2, 0.25) is 11.8 Å². The molecule has 3 rings (SSSR count). The number of benzene rings is 2. The fourth-order valence-electron chi connectivity index (χ4n) is 3.08. The molecule has 0 aromatic heterocycles. The molecule has 1 fully saturated rings. The fraction of sp³-hybridized carbons (Fsp3) is 0.250. The smallest absolute Gasteiger partial charge is 0.307 e. The minimum absolute atomic E-state index is 0.0337. The highest BCUT2D eigenvalue weighted by Gasteiger charge is 2.34. The average molecular weight is 352 g/mol. The van der Waals surface area contributed by atoms with Crippen molar-refractivity contribution in [3.8, 4) is 0 Å². The van der Waals surface area contributed by atoms with Crippen molar-refractivity contribution < 1.29 is 19.5 Å². The van der Waals surface area contributed by atoms with E-state index in [0.717, 1.165) is 5.56 Å². The van der Waals surface area contributed by atoms with E-state index in [1.54, 1.807) is 29.2 Å². The third-order valence-electron chi connectivity index (χ3n) is 4.35. The van der Waals surface area contributed by atoms with Crippen molar-refractivity contribution in [3.05, 3.63) is 65.7 Å². The number of anilines is 1. The number of carboxylic acid groups (broad SMARTS) is 1. The average Bonchev–Trinajstić information content (AvgIpc) is 2.96. The summed E-state index contributed by atoms with van der Waals surface area (Å²) >= 11 is 0. The number of nitrogens with one attached hydrogen (secondary N) is 1. The highest BCUT2D eigenvalue weighted by molar-refractivity contribution is 5.97. The van der Waals surface area contributed by atoms with Gasteiger partial charge >= 0.3 is 5.97 Å². The third-order valence-corrected chi connectivity index (χ3v) is 4.35. The summed E-state index contributed by atoms with van der Waals surface area (Å²) < 4.78 is 0. The lowest BCUT2D eigenvalue weighted by Crippen LogP contribution is -2.28. The number of hydrogen-bond acceptors (Lipinski definition) is 3. The molecule has 1 heterocycles. The molecular formula is C20H20N2O4. The van der Waals surface area contributed by atoms with Crippen LogP contribution in [0.1, 0.15) is 17.5 Å². The molecule has 134 valence electrons. The summed E-state index contributed by atoms with van der Waals surface area (Å²) in [4.78, 5) is 37.2. The molecule has 0 saturated carbocycles. The van der Waals surface area contributed by atoms with Crippen LogP contribution >= 0.6 is 0 Å². The Kier molecular flexibility index (Phi) is 5.31. The van der Waals surface area contributed by atoms with Crippen molar-refractivity contribution in [2.24, 2.45) is 5.92 Å². The topological polar surface area (TPSA) is 86.7 Å². The van der Waals surface area contributed by atoms with Crippen LogP contribution in [-0.4, -0.2) is 34.3 Å². The van der Waals surface area contributed by atoms with Crippen LogP contribution in [0, 0.1) is 5.92 Å². The first-order valence-corrected chi connectivity index (χ1v) is 8.44. The van der Waals surface area contributed by atoms with Gasteiger partial charge in [0.1, 0.15) is 0 Å². The second kappa shape index (κ2) is 7.82. The molecule has 2 amide bonds. The molecule has 1 aliphatic heterocycles. The molecule has 1 atom stereocenters. The van der Waals surface area contributed by atoms with Crippen LogP contribution in [0.3, 0.4) is 0 Å². The maximum absolute atomic E-state index is 12.5. The number of carboxylic acids is 1. The lowest BCUT2D eigenvalue weighted by molar-refractivity contribution is -0.136. The first-order chi connectivity index (χ1) is 12.5. The first-order valence-electron chi connectivity index (χ1n) is 8.44. The summed E-state index contributed by atoms with van der Waals surface area (Å²) in [5.41, 5.74) is 2.19. The number of carbonyl (C=O) groups is 3. The van der Waals surface area contributed by atoms with Crippen molar-refractivity contribution in [1.82, 2.24) is 4.90 Å². The minimum atomic E-state index is -0.925. The van der Waals surface area contributed by atoms with Gasteiger partial charge in [0.25, 0.3) is 0 Å². The van der Waals surface area contributed by atoms with Gasteiger partial charge in [0.05, 0.1) is 12.3 Å². The molecule has 1 saturated heterocycles. The van der Waals surface area contributed by atoms with E-state index in [1.165, 1.54) is 0 Å². The zero-order valence-electron chi connectivity index (χ0n) is 14.2. The predicted molar refractivity (Wildman–Crippen MR) is 96.4 cm³/mol. The molecular weight excluding hydrogens is 332 g/mol. The van der Waals surface area contributed by atoms with E-state index in [-0.39, 0.29) is 24.7 Å². The van der Waals surface area contributed by atoms with E-state index in [2.05, 4.69) is 5.32 Å². The minimum Gasteiger partial charge on any atom is -0.481 e. The number of hydrogen-bond donors (Lipinski definition) is 2. The van der Waals surface area contributed by atoms with Gasteiger partial charge in [0, 0.05) is 25.2 Å². The maximum atomic E-state index is 12.5. The monoisotopic (exact) mass is 352 g/mol. The van der Waals surface area contributed by atoms with Crippen LogP contribution in [0.2, 0.25) is 0 Å². The Balaban J connectivity index is 1.60. The molecule has 2 aromatic rings. The number of aliphatic carboxylic acids is 1. The van der Waals surface area contributed by atoms with E-state index < -0.39 is 11.9 Å². The van der Waals surface area contributed by atoms with Crippen molar-refractivity contribution in [2.45, 2.75) is 19.4 Å². The van der Waals surface area contributed by atoms with Crippen molar-refractivity contribution in [1.29, 1.82) is 0 Å². The molecule has 0 aliphatic carbocycles. The van der Waals surface area contributed by atoms with Gasteiger partial charge in [0.15, 0.2) is 0 Å². The maximum Gasteiger partial charge on any atom is 0.307 e. The predicted octanol–water partition coefficient (Wildman–Crippen LogP) is 2.30. The zero-order valence-corrected chi connectivity index (χ0v) is 14.2. The number of rotatable bonds is 6. The third kappa shape index (κ3) is 4.47. The number of likely N-dealkylation sites (tertiary alicyclic amines) is 1. The summed E-state index contributed by atoms with van der Waals surface area (Å²) in [5, 5.41) is 11.7. The number of nitrogens with zero attached hydrogens (tertiary/aromatic N) is 1. The fourth-order valence-corrected chi connectivity index (χ4v) is 3.08. The van der Waals surface area contributed by atoms with Crippen LogP contribution < -0.4 is 5.32 Å². The van der Waals surface area contributed by atoms with Crippen LogP contribution in [-0.2, 0) is 27.3 Å². The number of amides is 2. The second-order valence-electron chi connectivity index (χ2n) is 6.42. The van der Waals surface area contributed by atoms with Gasteiger partial charge in [-0.2, -0.15) is 0 Å². The Bertz CT molecular complexity index is 820. The molecule has 6 heteroatoms. The van der Waals surface area contributed by atoms with Crippen LogP contribution in [0.4, 0.5) is 5.69 Å². The molecule has 0 bridgehead atoms. The van der Waals surface area contributed by atoms with Gasteiger partial charge in [-0.05, 0) is 23.3 Å². The van der Waals surface area contributed by atoms with Crippen molar-refractivity contribution >= 4 is 23.5 Å². The molecule has 1 aliphatic rings. The van der Waals surface area contributed by atoms with Crippen molar-refractivity contribution in [3.63, 3.8) is 0 Å². The summed E-state index contributed by atoms with van der Waals surface area (Å²) in [6, 6.07) is 16.4. The number of carbonyl (C=O) groups excluding carboxylic acids is 2. The van der Waals surface area contributed by atoms with Gasteiger partial charge in [-0.3, -0.25) is 14.4 Å². The van der Waals surface area contributed by atoms with Gasteiger partial charge in [-0.15, -0.1) is 0 Å². The van der Waals surface area contributed by atoms with Crippen LogP contribution in [0.5, 0.6) is 0 Å². The Labute approximate surface area is 151 Å². The van der Waals surface area contributed by atoms with Gasteiger partial charge in [-0.25, -0.2) is 0 Å². The largest absolute Gasteiger partial charge is 0.481 e. The quantitative estimate of drug-likeness (QED) is 0.835. The zero-order chi connectivity index (χ0) is 18.5. The lowest BCUT2D eigenvalue weighted by atomic mass is 10.1. The Morgan fingerprint density at radius 1 is 1.08 bits per heavy atom. The molecule has 0 radical (unpaired) electrons. The lowest BCUT2D eigenvalue weighted by Gasteiger charge is -2.16. The highest BCUT2D eigenvalue weighted by Crippen LogP contribution is 2.22. The SMILES string of the molecule is O=C(O)Cc1cccc(NC(=O)C2CC(=O)N(Cc3ccccc3)C2)c1. The Morgan fingerprint density at radius 3 is 2.54 bits per heavy atom. The van der Waals surface area contributed by atoms with E-state index in [0.29, 0.717) is 24.3 Å².